The number of hydrogen-bond acceptors (Lipinski definition) is 1. The van der Waals surface area contributed by atoms with Crippen LogP contribution in [-0.4, -0.2) is 0 Å². The third-order valence-corrected chi connectivity index (χ3v) is 3.24. The van der Waals surface area contributed by atoms with E-state index in [1.807, 2.05) is 0 Å². The van der Waals surface area contributed by atoms with Crippen molar-refractivity contribution in [2.45, 2.75) is 12.5 Å². The van der Waals surface area contributed by atoms with Crippen molar-refractivity contribution >= 4 is 11.6 Å². The normalized spacial score (nSPS) is 12.5. The fraction of sp³-hybridized carbons (Fsp3) is 0.143. The minimum Gasteiger partial charge on any atom is -0.323 e. The Morgan fingerprint density at radius 3 is 1.71 bits per heavy atom. The molecule has 0 saturated carbocycles. The van der Waals surface area contributed by atoms with Gasteiger partial charge >= 0.3 is 0 Å². The van der Waals surface area contributed by atoms with Crippen LogP contribution >= 0.6 is 11.6 Å². The van der Waals surface area contributed by atoms with Crippen LogP contribution in [0.3, 0.4) is 0 Å². The zero-order chi connectivity index (χ0) is 15.7. The molecule has 2 aromatic rings. The van der Waals surface area contributed by atoms with E-state index in [2.05, 4.69) is 0 Å². The van der Waals surface area contributed by atoms with E-state index in [1.165, 1.54) is 12.1 Å². The number of hydrogen-bond donors (Lipinski definition) is 1. The Bertz CT molecular complexity index is 643. The van der Waals surface area contributed by atoms with Crippen LogP contribution in [-0.2, 0) is 6.42 Å². The minimum atomic E-state index is -2.20. The summed E-state index contributed by atoms with van der Waals surface area (Å²) in [7, 11) is 0. The molecule has 1 atom stereocenters. The molecule has 21 heavy (non-hydrogen) atoms. The van der Waals surface area contributed by atoms with Crippen molar-refractivity contribution < 1.29 is 22.0 Å². The van der Waals surface area contributed by atoms with Crippen LogP contribution < -0.4 is 5.73 Å². The molecule has 2 N–H and O–H groups in total. The van der Waals surface area contributed by atoms with Gasteiger partial charge in [0.15, 0.2) is 23.3 Å². The van der Waals surface area contributed by atoms with Gasteiger partial charge in [-0.2, -0.15) is 0 Å². The molecule has 0 aliphatic carbocycles. The van der Waals surface area contributed by atoms with Gasteiger partial charge in [0, 0.05) is 16.6 Å². The smallest absolute Gasteiger partial charge is 0.200 e. The molecule has 0 radical (unpaired) electrons. The first-order valence-electron chi connectivity index (χ1n) is 5.84. The summed E-state index contributed by atoms with van der Waals surface area (Å²) in [5.41, 5.74) is 5.11. The van der Waals surface area contributed by atoms with Gasteiger partial charge in [0.1, 0.15) is 0 Å². The Labute approximate surface area is 122 Å². The summed E-state index contributed by atoms with van der Waals surface area (Å²) in [5.74, 6) is -10.0. The second-order valence-corrected chi connectivity index (χ2v) is 4.86. The van der Waals surface area contributed by atoms with Crippen LogP contribution in [0.2, 0.25) is 5.02 Å². The molecular formula is C14H9ClF5N. The summed E-state index contributed by atoms with van der Waals surface area (Å²) < 4.78 is 66.4. The van der Waals surface area contributed by atoms with Gasteiger partial charge < -0.3 is 5.73 Å². The predicted molar refractivity (Wildman–Crippen MR) is 68.3 cm³/mol. The molecule has 1 unspecified atom stereocenters. The topological polar surface area (TPSA) is 26.0 Å². The summed E-state index contributed by atoms with van der Waals surface area (Å²) in [6, 6.07) is 4.78. The summed E-state index contributed by atoms with van der Waals surface area (Å²) in [6.07, 6.45) is -0.102. The lowest BCUT2D eigenvalue weighted by Gasteiger charge is -2.15. The maximum Gasteiger partial charge on any atom is 0.200 e. The second-order valence-electron chi connectivity index (χ2n) is 4.42. The molecule has 0 spiro atoms. The average Bonchev–Trinajstić information content (AvgIpc) is 2.46. The Balaban J connectivity index is 2.39. The molecule has 7 heteroatoms. The zero-order valence-electron chi connectivity index (χ0n) is 10.4. The van der Waals surface area contributed by atoms with E-state index >= 15 is 0 Å². The van der Waals surface area contributed by atoms with E-state index in [0.29, 0.717) is 10.6 Å². The van der Waals surface area contributed by atoms with E-state index in [4.69, 9.17) is 17.3 Å². The fourth-order valence-corrected chi connectivity index (χ4v) is 2.05. The maximum absolute atomic E-state index is 13.6. The van der Waals surface area contributed by atoms with Crippen LogP contribution in [0.4, 0.5) is 22.0 Å². The van der Waals surface area contributed by atoms with Crippen molar-refractivity contribution in [2.24, 2.45) is 5.73 Å². The molecule has 0 amide bonds. The monoisotopic (exact) mass is 321 g/mol. The average molecular weight is 322 g/mol. The van der Waals surface area contributed by atoms with Gasteiger partial charge in [-0.25, -0.2) is 22.0 Å². The number of benzene rings is 2. The Morgan fingerprint density at radius 2 is 1.24 bits per heavy atom. The quantitative estimate of drug-likeness (QED) is 0.510. The molecule has 2 rings (SSSR count). The standard InChI is InChI=1S/C14H9ClF5N/c15-7-3-1-6(2-4-7)5-8(21)9-10(16)12(18)14(20)13(19)11(9)17/h1-4,8H,5,21H2. The van der Waals surface area contributed by atoms with Crippen molar-refractivity contribution in [3.63, 3.8) is 0 Å². The molecule has 112 valence electrons. The molecule has 0 aliphatic heterocycles. The maximum atomic E-state index is 13.6. The lowest BCUT2D eigenvalue weighted by Crippen LogP contribution is -2.20. The highest BCUT2D eigenvalue weighted by Gasteiger charge is 2.28. The van der Waals surface area contributed by atoms with Gasteiger partial charge in [-0.3, -0.25) is 0 Å². The Hall–Kier alpha value is -1.66. The van der Waals surface area contributed by atoms with E-state index in [0.717, 1.165) is 0 Å². The summed E-state index contributed by atoms with van der Waals surface area (Å²) in [6.45, 7) is 0. The third kappa shape index (κ3) is 3.01. The Kier molecular flexibility index (Phi) is 4.49. The number of nitrogens with two attached hydrogens (primary N) is 1. The highest BCUT2D eigenvalue weighted by atomic mass is 35.5. The second kappa shape index (κ2) is 5.99. The molecule has 0 fully saturated rings. The van der Waals surface area contributed by atoms with Crippen LogP contribution in [0, 0.1) is 29.1 Å². The van der Waals surface area contributed by atoms with E-state index in [9.17, 15) is 22.0 Å². The highest BCUT2D eigenvalue weighted by molar-refractivity contribution is 6.30. The van der Waals surface area contributed by atoms with Crippen LogP contribution in [0.25, 0.3) is 0 Å². The molecule has 0 aliphatic rings. The fourth-order valence-electron chi connectivity index (χ4n) is 1.92. The predicted octanol–water partition coefficient (Wildman–Crippen LogP) is 4.28. The SMILES string of the molecule is NC(Cc1ccc(Cl)cc1)c1c(F)c(F)c(F)c(F)c1F. The first-order valence-corrected chi connectivity index (χ1v) is 6.22. The van der Waals surface area contributed by atoms with E-state index < -0.39 is 40.7 Å². The molecular weight excluding hydrogens is 313 g/mol. The number of halogens is 6. The van der Waals surface area contributed by atoms with Gasteiger partial charge in [0.05, 0.1) is 0 Å². The van der Waals surface area contributed by atoms with Crippen molar-refractivity contribution in [2.75, 3.05) is 0 Å². The van der Waals surface area contributed by atoms with Gasteiger partial charge in [0.25, 0.3) is 0 Å². The first kappa shape index (κ1) is 15.7. The van der Waals surface area contributed by atoms with Crippen molar-refractivity contribution in [1.82, 2.24) is 0 Å². The zero-order valence-corrected chi connectivity index (χ0v) is 11.2. The molecule has 0 bridgehead atoms. The Morgan fingerprint density at radius 1 is 0.810 bits per heavy atom. The molecule has 1 nitrogen and oxygen atoms in total. The highest BCUT2D eigenvalue weighted by Crippen LogP contribution is 2.28. The van der Waals surface area contributed by atoms with Gasteiger partial charge in [-0.05, 0) is 24.1 Å². The van der Waals surface area contributed by atoms with Crippen molar-refractivity contribution in [3.8, 4) is 0 Å². The summed E-state index contributed by atoms with van der Waals surface area (Å²) >= 11 is 5.68. The minimum absolute atomic E-state index is 0.102. The van der Waals surface area contributed by atoms with Gasteiger partial charge in [-0.1, -0.05) is 23.7 Å². The largest absolute Gasteiger partial charge is 0.323 e. The molecule has 0 heterocycles. The van der Waals surface area contributed by atoms with E-state index in [1.54, 1.807) is 12.1 Å². The molecule has 0 aromatic heterocycles. The van der Waals surface area contributed by atoms with Crippen LogP contribution in [0.1, 0.15) is 17.2 Å². The first-order chi connectivity index (χ1) is 9.82. The molecule has 2 aromatic carbocycles. The lowest BCUT2D eigenvalue weighted by atomic mass is 9.98. The molecule has 0 saturated heterocycles. The van der Waals surface area contributed by atoms with Crippen molar-refractivity contribution in [1.29, 1.82) is 0 Å². The summed E-state index contributed by atoms with van der Waals surface area (Å²) in [5, 5.41) is 0.448. The van der Waals surface area contributed by atoms with Gasteiger partial charge in [0.2, 0.25) is 5.82 Å². The number of rotatable bonds is 3. The van der Waals surface area contributed by atoms with Gasteiger partial charge in [-0.15, -0.1) is 0 Å². The summed E-state index contributed by atoms with van der Waals surface area (Å²) in [4.78, 5) is 0. The lowest BCUT2D eigenvalue weighted by molar-refractivity contribution is 0.363. The van der Waals surface area contributed by atoms with Crippen LogP contribution in [0.15, 0.2) is 24.3 Å². The van der Waals surface area contributed by atoms with E-state index in [-0.39, 0.29) is 6.42 Å². The third-order valence-electron chi connectivity index (χ3n) is 2.98. The van der Waals surface area contributed by atoms with Crippen molar-refractivity contribution in [3.05, 3.63) is 69.5 Å². The van der Waals surface area contributed by atoms with Crippen LogP contribution in [0.5, 0.6) is 0 Å².